The summed E-state index contributed by atoms with van der Waals surface area (Å²) in [4.78, 5) is 13.7. The van der Waals surface area contributed by atoms with Crippen molar-refractivity contribution >= 4 is 5.91 Å². The van der Waals surface area contributed by atoms with Crippen LogP contribution in [0.25, 0.3) is 0 Å². The predicted octanol–water partition coefficient (Wildman–Crippen LogP) is 2.48. The number of rotatable bonds is 8. The number of aryl methyl sites for hydroxylation is 1. The highest BCUT2D eigenvalue weighted by atomic mass is 19.4. The first-order chi connectivity index (χ1) is 13.6. The zero-order valence-corrected chi connectivity index (χ0v) is 15.6. The summed E-state index contributed by atoms with van der Waals surface area (Å²) in [5.41, 5.74) is -3.88. The van der Waals surface area contributed by atoms with Crippen LogP contribution in [0.1, 0.15) is 12.0 Å². The molecule has 11 heteroatoms. The van der Waals surface area contributed by atoms with Crippen LogP contribution >= 0.6 is 0 Å². The van der Waals surface area contributed by atoms with Crippen molar-refractivity contribution in [2.75, 3.05) is 39.4 Å². The van der Waals surface area contributed by atoms with E-state index in [2.05, 4.69) is 0 Å². The van der Waals surface area contributed by atoms with Crippen LogP contribution in [0, 0.1) is 0 Å². The predicted molar refractivity (Wildman–Crippen MR) is 93.0 cm³/mol. The van der Waals surface area contributed by atoms with Gasteiger partial charge in [-0.25, -0.2) is 0 Å². The number of benzene rings is 1. The molecule has 0 bridgehead atoms. The van der Waals surface area contributed by atoms with Gasteiger partial charge in [0.05, 0.1) is 13.2 Å². The minimum atomic E-state index is -5.78. The van der Waals surface area contributed by atoms with Crippen molar-refractivity contribution < 1.29 is 35.9 Å². The van der Waals surface area contributed by atoms with E-state index in [0.29, 0.717) is 31.9 Å². The Labute approximate surface area is 164 Å². The van der Waals surface area contributed by atoms with Crippen LogP contribution in [-0.2, 0) is 16.0 Å². The molecule has 0 aromatic heterocycles. The monoisotopic (exact) mass is 427 g/mol. The topological polar surface area (TPSA) is 53.6 Å². The highest BCUT2D eigenvalue weighted by Gasteiger charge is 2.71. The van der Waals surface area contributed by atoms with Gasteiger partial charge in [0.25, 0.3) is 5.66 Å². The summed E-state index contributed by atoms with van der Waals surface area (Å²) in [6.45, 7) is 0.890. The summed E-state index contributed by atoms with van der Waals surface area (Å²) >= 11 is 0. The molecule has 2 N–H and O–H groups in total. The number of amides is 1. The summed E-state index contributed by atoms with van der Waals surface area (Å²) in [6, 6.07) is 8.30. The normalized spacial score (nSPS) is 16.6. The van der Waals surface area contributed by atoms with Gasteiger partial charge in [0, 0.05) is 32.6 Å². The van der Waals surface area contributed by atoms with Crippen LogP contribution in [0.4, 0.5) is 26.3 Å². The Morgan fingerprint density at radius 2 is 1.59 bits per heavy atom. The van der Waals surface area contributed by atoms with E-state index in [1.165, 1.54) is 10.6 Å². The van der Waals surface area contributed by atoms with Gasteiger partial charge in [0.15, 0.2) is 0 Å². The van der Waals surface area contributed by atoms with Crippen LogP contribution in [0.3, 0.4) is 0 Å². The van der Waals surface area contributed by atoms with Crippen LogP contribution in [0.5, 0.6) is 0 Å². The average molecular weight is 427 g/mol. The van der Waals surface area contributed by atoms with Crippen molar-refractivity contribution in [1.82, 2.24) is 15.5 Å². The van der Waals surface area contributed by atoms with E-state index in [4.69, 9.17) is 4.74 Å². The fourth-order valence-electron chi connectivity index (χ4n) is 2.95. The molecule has 1 amide bonds. The average Bonchev–Trinajstić information content (AvgIpc) is 2.65. The molecule has 1 aliphatic rings. The van der Waals surface area contributed by atoms with Crippen molar-refractivity contribution in [3.63, 3.8) is 0 Å². The lowest BCUT2D eigenvalue weighted by molar-refractivity contribution is -0.316. The Kier molecular flexibility index (Phi) is 7.89. The largest absolute Gasteiger partial charge is 0.434 e. The number of morpholine rings is 1. The first kappa shape index (κ1) is 23.4. The molecular weight excluding hydrogens is 404 g/mol. The second kappa shape index (κ2) is 9.77. The maximum absolute atomic E-state index is 13.5. The molecule has 5 nitrogen and oxygen atoms in total. The van der Waals surface area contributed by atoms with Crippen LogP contribution in [0.2, 0.25) is 0 Å². The summed E-state index contributed by atoms with van der Waals surface area (Å²) < 4.78 is 86.3. The van der Waals surface area contributed by atoms with Gasteiger partial charge in [-0.1, -0.05) is 30.3 Å². The highest BCUT2D eigenvalue weighted by molar-refractivity contribution is 5.77. The van der Waals surface area contributed by atoms with Gasteiger partial charge >= 0.3 is 12.4 Å². The lowest BCUT2D eigenvalue weighted by Crippen LogP contribution is -2.75. The van der Waals surface area contributed by atoms with Crippen molar-refractivity contribution in [1.29, 1.82) is 0 Å². The molecule has 1 aromatic carbocycles. The standard InChI is InChI=1S/C18H23F6N3O2/c19-17(20,21)16(18(22,23)24,25-8-9-27-10-12-29-13-11-27)26-15(28)7-6-14-4-2-1-3-5-14/h1-5,25H,6-13H2,(H,26,28). The van der Waals surface area contributed by atoms with E-state index in [1.807, 2.05) is 0 Å². The van der Waals surface area contributed by atoms with Gasteiger partial charge in [-0.2, -0.15) is 26.3 Å². The second-order valence-corrected chi connectivity index (χ2v) is 6.66. The molecule has 1 aliphatic heterocycles. The Morgan fingerprint density at radius 1 is 1.00 bits per heavy atom. The second-order valence-electron chi connectivity index (χ2n) is 6.66. The molecule has 29 heavy (non-hydrogen) atoms. The number of alkyl halides is 6. The van der Waals surface area contributed by atoms with Crippen LogP contribution < -0.4 is 10.6 Å². The summed E-state index contributed by atoms with van der Waals surface area (Å²) in [7, 11) is 0. The summed E-state index contributed by atoms with van der Waals surface area (Å²) in [6.07, 6.45) is -12.0. The molecule has 0 spiro atoms. The van der Waals surface area contributed by atoms with Crippen molar-refractivity contribution in [2.24, 2.45) is 0 Å². The van der Waals surface area contributed by atoms with Gasteiger partial charge in [0.2, 0.25) is 5.91 Å². The van der Waals surface area contributed by atoms with Gasteiger partial charge < -0.3 is 10.1 Å². The number of carbonyl (C=O) groups excluding carboxylic acids is 1. The van der Waals surface area contributed by atoms with E-state index in [0.717, 1.165) is 0 Å². The number of hydrogen-bond acceptors (Lipinski definition) is 4. The zero-order chi connectivity index (χ0) is 21.5. The maximum atomic E-state index is 13.5. The number of nitrogens with zero attached hydrogens (tertiary/aromatic N) is 1. The molecule has 1 fully saturated rings. The lowest BCUT2D eigenvalue weighted by Gasteiger charge is -2.39. The minimum Gasteiger partial charge on any atom is -0.379 e. The molecule has 0 unspecified atom stereocenters. The molecule has 0 radical (unpaired) electrons. The fraction of sp³-hybridized carbons (Fsp3) is 0.611. The van der Waals surface area contributed by atoms with Gasteiger partial charge in [0.1, 0.15) is 0 Å². The first-order valence-electron chi connectivity index (χ1n) is 9.09. The van der Waals surface area contributed by atoms with Crippen LogP contribution in [-0.4, -0.2) is 68.2 Å². The summed E-state index contributed by atoms with van der Waals surface area (Å²) in [5.74, 6) is -1.35. The van der Waals surface area contributed by atoms with Gasteiger partial charge in [-0.15, -0.1) is 0 Å². The third-order valence-electron chi connectivity index (χ3n) is 4.58. The number of halogens is 6. The zero-order valence-electron chi connectivity index (χ0n) is 15.6. The SMILES string of the molecule is O=C(CCc1ccccc1)NC(NCCN1CCOCC1)(C(F)(F)F)C(F)(F)F. The molecule has 2 rings (SSSR count). The molecule has 164 valence electrons. The number of carbonyl (C=O) groups is 1. The highest BCUT2D eigenvalue weighted by Crippen LogP contribution is 2.41. The van der Waals surface area contributed by atoms with E-state index in [9.17, 15) is 31.1 Å². The van der Waals surface area contributed by atoms with E-state index in [1.54, 1.807) is 35.2 Å². The van der Waals surface area contributed by atoms with Crippen molar-refractivity contribution in [3.8, 4) is 0 Å². The van der Waals surface area contributed by atoms with Crippen molar-refractivity contribution in [2.45, 2.75) is 30.9 Å². The van der Waals surface area contributed by atoms with E-state index < -0.39 is 36.9 Å². The molecular formula is C18H23F6N3O2. The minimum absolute atomic E-state index is 0.0201. The molecule has 1 heterocycles. The van der Waals surface area contributed by atoms with Crippen LogP contribution in [0.15, 0.2) is 30.3 Å². The molecule has 1 aromatic rings. The maximum Gasteiger partial charge on any atom is 0.434 e. The lowest BCUT2D eigenvalue weighted by atomic mass is 10.1. The van der Waals surface area contributed by atoms with Gasteiger partial charge in [-0.05, 0) is 12.0 Å². The molecule has 0 saturated carbocycles. The summed E-state index contributed by atoms with van der Waals surface area (Å²) in [5, 5.41) is 2.70. The smallest absolute Gasteiger partial charge is 0.379 e. The van der Waals surface area contributed by atoms with Gasteiger partial charge in [-0.3, -0.25) is 15.0 Å². The first-order valence-corrected chi connectivity index (χ1v) is 9.09. The molecule has 0 atom stereocenters. The number of ether oxygens (including phenoxy) is 1. The molecule has 1 saturated heterocycles. The number of hydrogen-bond donors (Lipinski definition) is 2. The Bertz CT molecular complexity index is 631. The third kappa shape index (κ3) is 6.31. The Balaban J connectivity index is 2.07. The van der Waals surface area contributed by atoms with E-state index in [-0.39, 0.29) is 13.0 Å². The quantitative estimate of drug-likeness (QED) is 0.495. The number of nitrogens with one attached hydrogen (secondary N) is 2. The third-order valence-corrected chi connectivity index (χ3v) is 4.58. The molecule has 0 aliphatic carbocycles. The van der Waals surface area contributed by atoms with Crippen molar-refractivity contribution in [3.05, 3.63) is 35.9 Å². The Morgan fingerprint density at radius 3 is 2.14 bits per heavy atom. The fourth-order valence-corrected chi connectivity index (χ4v) is 2.95. The van der Waals surface area contributed by atoms with E-state index >= 15 is 0 Å². The Hall–Kier alpha value is -1.85.